The molecule has 0 saturated carbocycles. The van der Waals surface area contributed by atoms with E-state index in [2.05, 4.69) is 4.99 Å². The summed E-state index contributed by atoms with van der Waals surface area (Å²) in [5.74, 6) is -0.0188. The maximum Gasteiger partial charge on any atom is 0.304 e. The van der Waals surface area contributed by atoms with Crippen LogP contribution in [0.1, 0.15) is 18.9 Å². The van der Waals surface area contributed by atoms with Crippen LogP contribution < -0.4 is 9.64 Å². The first-order valence-electron chi connectivity index (χ1n) is 8.86. The van der Waals surface area contributed by atoms with E-state index in [1.54, 1.807) is 6.08 Å². The number of benzene rings is 2. The molecule has 28 heavy (non-hydrogen) atoms. The van der Waals surface area contributed by atoms with Crippen LogP contribution >= 0.6 is 11.8 Å². The summed E-state index contributed by atoms with van der Waals surface area (Å²) in [6, 6.07) is 16.6. The number of para-hydroxylation sites is 1. The van der Waals surface area contributed by atoms with Crippen LogP contribution in [0.4, 0.5) is 5.69 Å². The lowest BCUT2D eigenvalue weighted by molar-refractivity contribution is -0.136. The van der Waals surface area contributed by atoms with Crippen LogP contribution in [0, 0.1) is 0 Å². The predicted octanol–water partition coefficient (Wildman–Crippen LogP) is 4.04. The number of carbonyl (C=O) groups is 2. The zero-order chi connectivity index (χ0) is 19.9. The average molecular weight is 396 g/mol. The molecule has 7 heteroatoms. The number of carboxylic acid groups (broad SMARTS) is 1. The number of carboxylic acids is 1. The fourth-order valence-corrected chi connectivity index (χ4v) is 3.55. The molecular weight excluding hydrogens is 376 g/mol. The van der Waals surface area contributed by atoms with Gasteiger partial charge in [0.25, 0.3) is 5.91 Å². The normalized spacial score (nSPS) is 15.0. The Morgan fingerprint density at radius 1 is 1.18 bits per heavy atom. The van der Waals surface area contributed by atoms with Gasteiger partial charge in [0.2, 0.25) is 0 Å². The lowest BCUT2D eigenvalue weighted by Crippen LogP contribution is -2.30. The van der Waals surface area contributed by atoms with Crippen LogP contribution in [0.15, 0.2) is 65.3 Å². The van der Waals surface area contributed by atoms with E-state index in [9.17, 15) is 9.59 Å². The molecule has 0 atom stereocenters. The molecule has 1 aliphatic heterocycles. The van der Waals surface area contributed by atoms with Crippen LogP contribution in [0.25, 0.3) is 6.08 Å². The van der Waals surface area contributed by atoms with Crippen LogP contribution in [0.3, 0.4) is 0 Å². The molecule has 2 aromatic rings. The van der Waals surface area contributed by atoms with Crippen molar-refractivity contribution in [3.05, 3.63) is 65.9 Å². The first kappa shape index (κ1) is 19.7. The summed E-state index contributed by atoms with van der Waals surface area (Å²) >= 11 is 1.26. The molecule has 0 fully saturated rings. The van der Waals surface area contributed by atoms with Gasteiger partial charge in [0.05, 0.1) is 18.7 Å². The first-order valence-corrected chi connectivity index (χ1v) is 9.84. The van der Waals surface area contributed by atoms with E-state index in [4.69, 9.17) is 9.84 Å². The fourth-order valence-electron chi connectivity index (χ4n) is 2.61. The Morgan fingerprint density at radius 2 is 1.89 bits per heavy atom. The first-order chi connectivity index (χ1) is 13.6. The van der Waals surface area contributed by atoms with E-state index >= 15 is 0 Å². The number of nitrogens with zero attached hydrogens (tertiary/aromatic N) is 2. The van der Waals surface area contributed by atoms with Crippen molar-refractivity contribution in [3.63, 3.8) is 0 Å². The lowest BCUT2D eigenvalue weighted by atomic mass is 10.2. The van der Waals surface area contributed by atoms with Crippen molar-refractivity contribution >= 4 is 40.6 Å². The third-order valence-corrected chi connectivity index (χ3v) is 4.83. The van der Waals surface area contributed by atoms with Gasteiger partial charge >= 0.3 is 5.97 Å². The maximum atomic E-state index is 13.0. The number of aliphatic carboxylic acids is 1. The third kappa shape index (κ3) is 4.80. The second-order valence-corrected chi connectivity index (χ2v) is 6.96. The van der Waals surface area contributed by atoms with Crippen LogP contribution in [-0.2, 0) is 9.59 Å². The quantitative estimate of drug-likeness (QED) is 0.715. The highest BCUT2D eigenvalue weighted by Crippen LogP contribution is 2.29. The van der Waals surface area contributed by atoms with Crippen molar-refractivity contribution in [2.45, 2.75) is 13.3 Å². The molecule has 144 valence electrons. The molecule has 0 bridgehead atoms. The number of thioether (sulfide) groups is 1. The van der Waals surface area contributed by atoms with Gasteiger partial charge in [-0.3, -0.25) is 14.5 Å². The van der Waals surface area contributed by atoms with Gasteiger partial charge in [0, 0.05) is 5.75 Å². The van der Waals surface area contributed by atoms with Gasteiger partial charge in [-0.25, -0.2) is 4.99 Å². The molecule has 1 N–H and O–H groups in total. The molecule has 1 heterocycles. The maximum absolute atomic E-state index is 13.0. The molecule has 0 aliphatic carbocycles. The zero-order valence-electron chi connectivity index (χ0n) is 15.4. The molecule has 2 aromatic carbocycles. The SMILES string of the molecule is CCOc1ccc(/C=C2\N=C(SCCC(=O)O)N(c3ccccc3)C2=O)cc1. The Labute approximate surface area is 167 Å². The number of ether oxygens (including phenoxy) is 1. The van der Waals surface area contributed by atoms with Crippen molar-refractivity contribution in [2.24, 2.45) is 4.99 Å². The summed E-state index contributed by atoms with van der Waals surface area (Å²) in [5.41, 5.74) is 1.84. The zero-order valence-corrected chi connectivity index (χ0v) is 16.2. The van der Waals surface area contributed by atoms with E-state index in [0.717, 1.165) is 11.3 Å². The van der Waals surface area contributed by atoms with Gasteiger partial charge in [0.1, 0.15) is 11.4 Å². The van der Waals surface area contributed by atoms with Crippen LogP contribution in [0.5, 0.6) is 5.75 Å². The van der Waals surface area contributed by atoms with E-state index in [0.29, 0.717) is 28.9 Å². The van der Waals surface area contributed by atoms with Gasteiger partial charge in [-0.05, 0) is 42.8 Å². The van der Waals surface area contributed by atoms with Crippen molar-refractivity contribution in [3.8, 4) is 5.75 Å². The Balaban J connectivity index is 1.87. The molecule has 0 saturated heterocycles. The Hall–Kier alpha value is -3.06. The number of hydrogen-bond acceptors (Lipinski definition) is 5. The fraction of sp³-hybridized carbons (Fsp3) is 0.190. The van der Waals surface area contributed by atoms with Gasteiger partial charge in [-0.1, -0.05) is 42.1 Å². The third-order valence-electron chi connectivity index (χ3n) is 3.89. The number of hydrogen-bond donors (Lipinski definition) is 1. The Morgan fingerprint density at radius 3 is 2.54 bits per heavy atom. The highest BCUT2D eigenvalue weighted by molar-refractivity contribution is 8.14. The molecule has 0 unspecified atom stereocenters. The summed E-state index contributed by atoms with van der Waals surface area (Å²) in [6.45, 7) is 2.51. The molecule has 1 aliphatic rings. The van der Waals surface area contributed by atoms with Gasteiger partial charge in [0.15, 0.2) is 5.17 Å². The van der Waals surface area contributed by atoms with Crippen molar-refractivity contribution in [1.82, 2.24) is 0 Å². The largest absolute Gasteiger partial charge is 0.494 e. The number of amides is 1. The van der Waals surface area contributed by atoms with Crippen molar-refractivity contribution < 1.29 is 19.4 Å². The van der Waals surface area contributed by atoms with Crippen LogP contribution in [-0.4, -0.2) is 34.5 Å². The van der Waals surface area contributed by atoms with E-state index in [1.807, 2.05) is 61.5 Å². The number of rotatable bonds is 7. The minimum Gasteiger partial charge on any atom is -0.494 e. The Bertz CT molecular complexity index is 908. The second kappa shape index (κ2) is 9.23. The number of anilines is 1. The molecular formula is C21H20N2O4S. The highest BCUT2D eigenvalue weighted by atomic mass is 32.2. The molecule has 6 nitrogen and oxygen atoms in total. The topological polar surface area (TPSA) is 79.2 Å². The average Bonchev–Trinajstić information content (AvgIpc) is 2.99. The summed E-state index contributed by atoms with van der Waals surface area (Å²) in [5, 5.41) is 9.36. The Kier molecular flexibility index (Phi) is 6.49. The minimum atomic E-state index is -0.881. The second-order valence-electron chi connectivity index (χ2n) is 5.89. The molecule has 3 rings (SSSR count). The van der Waals surface area contributed by atoms with E-state index in [1.165, 1.54) is 16.7 Å². The van der Waals surface area contributed by atoms with Crippen LogP contribution in [0.2, 0.25) is 0 Å². The number of amidine groups is 1. The van der Waals surface area contributed by atoms with E-state index in [-0.39, 0.29) is 12.3 Å². The highest BCUT2D eigenvalue weighted by Gasteiger charge is 2.31. The van der Waals surface area contributed by atoms with Gasteiger partial charge in [-0.15, -0.1) is 0 Å². The summed E-state index contributed by atoms with van der Waals surface area (Å²) in [7, 11) is 0. The minimum absolute atomic E-state index is 0.00154. The van der Waals surface area contributed by atoms with Crippen molar-refractivity contribution in [1.29, 1.82) is 0 Å². The molecule has 0 spiro atoms. The van der Waals surface area contributed by atoms with Gasteiger partial charge < -0.3 is 9.84 Å². The summed E-state index contributed by atoms with van der Waals surface area (Å²) < 4.78 is 5.43. The molecule has 0 aromatic heterocycles. The number of carbonyl (C=O) groups excluding carboxylic acids is 1. The number of aliphatic imine (C=N–C) groups is 1. The summed E-state index contributed by atoms with van der Waals surface area (Å²) in [4.78, 5) is 29.8. The lowest BCUT2D eigenvalue weighted by Gasteiger charge is -2.17. The molecule has 0 radical (unpaired) electrons. The van der Waals surface area contributed by atoms with Crippen molar-refractivity contribution in [2.75, 3.05) is 17.3 Å². The smallest absolute Gasteiger partial charge is 0.304 e. The molecule has 1 amide bonds. The predicted molar refractivity (Wildman–Crippen MR) is 112 cm³/mol. The van der Waals surface area contributed by atoms with E-state index < -0.39 is 5.97 Å². The summed E-state index contributed by atoms with van der Waals surface area (Å²) in [6.07, 6.45) is 1.72. The monoisotopic (exact) mass is 396 g/mol. The standard InChI is InChI=1S/C21H20N2O4S/c1-2-27-17-10-8-15(9-11-17)14-18-20(26)23(16-6-4-3-5-7-16)21(22-18)28-13-12-19(24)25/h3-11,14H,2,12-13H2,1H3,(H,24,25)/b18-14-. The van der Waals surface area contributed by atoms with Gasteiger partial charge in [-0.2, -0.15) is 0 Å².